The van der Waals surface area contributed by atoms with Gasteiger partial charge in [-0.15, -0.1) is 0 Å². The van der Waals surface area contributed by atoms with Gasteiger partial charge in [-0.2, -0.15) is 0 Å². The summed E-state index contributed by atoms with van der Waals surface area (Å²) in [6, 6.07) is 24.3. The largest absolute Gasteiger partial charge is 0.497 e. The molecule has 0 saturated carbocycles. The number of nitrogens with one attached hydrogen (secondary N) is 1. The normalized spacial score (nSPS) is 13.5. The van der Waals surface area contributed by atoms with E-state index in [1.807, 2.05) is 54.6 Å². The lowest BCUT2D eigenvalue weighted by Gasteiger charge is -2.21. The number of benzene rings is 3. The van der Waals surface area contributed by atoms with Gasteiger partial charge in [-0.1, -0.05) is 54.6 Å². The van der Waals surface area contributed by atoms with Gasteiger partial charge in [-0.25, -0.2) is 0 Å². The van der Waals surface area contributed by atoms with Gasteiger partial charge in [0.25, 0.3) is 11.8 Å². The second kappa shape index (κ2) is 10.1. The van der Waals surface area contributed by atoms with Crippen molar-refractivity contribution < 1.29 is 19.1 Å². The lowest BCUT2D eigenvalue weighted by molar-refractivity contribution is -0.121. The number of hydrogen-bond acceptors (Lipinski definition) is 4. The molecule has 1 atom stereocenters. The molecule has 0 aromatic heterocycles. The van der Waals surface area contributed by atoms with Crippen molar-refractivity contribution in [2.75, 3.05) is 13.7 Å². The predicted octanol–water partition coefficient (Wildman–Crippen LogP) is 3.65. The molecule has 1 aliphatic rings. The van der Waals surface area contributed by atoms with Crippen molar-refractivity contribution in [1.82, 2.24) is 10.2 Å². The molecule has 0 saturated heterocycles. The number of rotatable bonds is 9. The van der Waals surface area contributed by atoms with Crippen LogP contribution in [0, 0.1) is 0 Å². The van der Waals surface area contributed by atoms with Crippen molar-refractivity contribution in [2.45, 2.75) is 25.3 Å². The molecule has 0 spiro atoms. The van der Waals surface area contributed by atoms with E-state index in [1.54, 1.807) is 31.4 Å². The minimum absolute atomic E-state index is 0.0505. The average Bonchev–Trinajstić information content (AvgIpc) is 3.08. The number of amides is 3. The highest BCUT2D eigenvalue weighted by Crippen LogP contribution is 2.22. The minimum atomic E-state index is -0.347. The van der Waals surface area contributed by atoms with Crippen molar-refractivity contribution >= 4 is 17.7 Å². The van der Waals surface area contributed by atoms with Gasteiger partial charge in [0, 0.05) is 19.0 Å². The Labute approximate surface area is 193 Å². The van der Waals surface area contributed by atoms with E-state index in [1.165, 1.54) is 0 Å². The minimum Gasteiger partial charge on any atom is -0.497 e. The fraction of sp³-hybridized carbons (Fsp3) is 0.222. The third kappa shape index (κ3) is 5.29. The van der Waals surface area contributed by atoms with Crippen LogP contribution in [0.5, 0.6) is 5.75 Å². The Morgan fingerprint density at radius 2 is 1.45 bits per heavy atom. The Hall–Kier alpha value is -3.93. The Morgan fingerprint density at radius 3 is 2.12 bits per heavy atom. The topological polar surface area (TPSA) is 75.7 Å². The molecule has 0 fully saturated rings. The monoisotopic (exact) mass is 442 g/mol. The number of methoxy groups -OCH3 is 1. The Bertz CT molecular complexity index is 1120. The number of ether oxygens (including phenoxy) is 1. The van der Waals surface area contributed by atoms with Crippen LogP contribution < -0.4 is 10.1 Å². The SMILES string of the molecule is COc1cccc(C[C@H](Cc2ccccc2)NC(=O)CCN2C(=O)c3ccccc3C2=O)c1. The predicted molar refractivity (Wildman–Crippen MR) is 125 cm³/mol. The average molecular weight is 443 g/mol. The highest BCUT2D eigenvalue weighted by Gasteiger charge is 2.35. The number of hydrogen-bond donors (Lipinski definition) is 1. The van der Waals surface area contributed by atoms with Gasteiger partial charge in [0.1, 0.15) is 5.75 Å². The molecule has 6 nitrogen and oxygen atoms in total. The van der Waals surface area contributed by atoms with E-state index in [0.29, 0.717) is 24.0 Å². The summed E-state index contributed by atoms with van der Waals surface area (Å²) in [7, 11) is 1.63. The van der Waals surface area contributed by atoms with E-state index in [9.17, 15) is 14.4 Å². The van der Waals surface area contributed by atoms with Crippen LogP contribution in [0.25, 0.3) is 0 Å². The van der Waals surface area contributed by atoms with Gasteiger partial charge < -0.3 is 10.1 Å². The fourth-order valence-corrected chi connectivity index (χ4v) is 4.11. The molecule has 168 valence electrons. The van der Waals surface area contributed by atoms with Gasteiger partial charge in [-0.3, -0.25) is 19.3 Å². The van der Waals surface area contributed by atoms with Crippen LogP contribution in [0.2, 0.25) is 0 Å². The van der Waals surface area contributed by atoms with Crippen LogP contribution in [-0.4, -0.2) is 42.3 Å². The third-order valence-corrected chi connectivity index (χ3v) is 5.75. The van der Waals surface area contributed by atoms with Crippen molar-refractivity contribution in [2.24, 2.45) is 0 Å². The van der Waals surface area contributed by atoms with Crippen LogP contribution in [-0.2, 0) is 17.6 Å². The van der Waals surface area contributed by atoms with Gasteiger partial charge in [0.15, 0.2) is 0 Å². The summed E-state index contributed by atoms with van der Waals surface area (Å²) in [4.78, 5) is 39.1. The first-order chi connectivity index (χ1) is 16.0. The van der Waals surface area contributed by atoms with Crippen LogP contribution >= 0.6 is 0 Å². The molecule has 1 aliphatic heterocycles. The summed E-state index contributed by atoms with van der Waals surface area (Å²) in [5, 5.41) is 3.10. The molecule has 0 radical (unpaired) electrons. The molecule has 0 bridgehead atoms. The maximum Gasteiger partial charge on any atom is 0.261 e. The summed E-state index contributed by atoms with van der Waals surface area (Å²) < 4.78 is 5.32. The lowest BCUT2D eigenvalue weighted by atomic mass is 9.98. The second-order valence-electron chi connectivity index (χ2n) is 8.07. The van der Waals surface area contributed by atoms with E-state index in [2.05, 4.69) is 5.32 Å². The molecule has 3 amide bonds. The summed E-state index contributed by atoms with van der Waals surface area (Å²) >= 11 is 0. The van der Waals surface area contributed by atoms with E-state index in [0.717, 1.165) is 21.8 Å². The van der Waals surface area contributed by atoms with Gasteiger partial charge in [0.2, 0.25) is 5.91 Å². The molecule has 1 heterocycles. The first-order valence-electron chi connectivity index (χ1n) is 11.0. The maximum absolute atomic E-state index is 12.8. The zero-order valence-corrected chi connectivity index (χ0v) is 18.5. The molecular formula is C27H26N2O4. The number of nitrogens with zero attached hydrogens (tertiary/aromatic N) is 1. The molecule has 1 N–H and O–H groups in total. The van der Waals surface area contributed by atoms with Crippen molar-refractivity contribution in [1.29, 1.82) is 0 Å². The van der Waals surface area contributed by atoms with E-state index in [-0.39, 0.29) is 36.7 Å². The quantitative estimate of drug-likeness (QED) is 0.514. The van der Waals surface area contributed by atoms with Crippen LogP contribution in [0.1, 0.15) is 38.3 Å². The second-order valence-corrected chi connectivity index (χ2v) is 8.07. The summed E-state index contributed by atoms with van der Waals surface area (Å²) in [6.45, 7) is 0.0510. The standard InChI is InChI=1S/C27H26N2O4/c1-33-22-11-7-10-20(18-22)17-21(16-19-8-3-2-4-9-19)28-25(30)14-15-29-26(31)23-12-5-6-13-24(23)27(29)32/h2-13,18,21H,14-17H2,1H3,(H,28,30)/t21-/m0/s1. The van der Waals surface area contributed by atoms with E-state index < -0.39 is 0 Å². The molecule has 4 rings (SSSR count). The summed E-state index contributed by atoms with van der Waals surface area (Å²) in [5.41, 5.74) is 2.95. The van der Waals surface area contributed by atoms with Gasteiger partial charge in [-0.05, 0) is 48.2 Å². The van der Waals surface area contributed by atoms with Crippen molar-refractivity contribution in [3.05, 3.63) is 101 Å². The lowest BCUT2D eigenvalue weighted by Crippen LogP contribution is -2.40. The number of carbonyl (C=O) groups is 3. The third-order valence-electron chi connectivity index (χ3n) is 5.75. The zero-order chi connectivity index (χ0) is 23.2. The molecule has 3 aromatic rings. The highest BCUT2D eigenvalue weighted by atomic mass is 16.5. The molecule has 0 unspecified atom stereocenters. The van der Waals surface area contributed by atoms with Crippen LogP contribution in [0.15, 0.2) is 78.9 Å². The van der Waals surface area contributed by atoms with Gasteiger partial charge in [0.05, 0.1) is 18.2 Å². The Balaban J connectivity index is 1.41. The Morgan fingerprint density at radius 1 is 0.848 bits per heavy atom. The summed E-state index contributed by atoms with van der Waals surface area (Å²) in [6.07, 6.45) is 1.34. The smallest absolute Gasteiger partial charge is 0.261 e. The Kier molecular flexibility index (Phi) is 6.83. The highest BCUT2D eigenvalue weighted by molar-refractivity contribution is 6.21. The van der Waals surface area contributed by atoms with Gasteiger partial charge >= 0.3 is 0 Å². The molecule has 6 heteroatoms. The fourth-order valence-electron chi connectivity index (χ4n) is 4.11. The number of carbonyl (C=O) groups excluding carboxylic acids is 3. The maximum atomic E-state index is 12.8. The number of imide groups is 1. The van der Waals surface area contributed by atoms with Crippen LogP contribution in [0.4, 0.5) is 0 Å². The molecule has 33 heavy (non-hydrogen) atoms. The first-order valence-corrected chi connectivity index (χ1v) is 11.0. The van der Waals surface area contributed by atoms with E-state index in [4.69, 9.17) is 4.74 Å². The number of fused-ring (bicyclic) bond motifs is 1. The zero-order valence-electron chi connectivity index (χ0n) is 18.5. The van der Waals surface area contributed by atoms with Crippen LogP contribution in [0.3, 0.4) is 0 Å². The van der Waals surface area contributed by atoms with Crippen molar-refractivity contribution in [3.8, 4) is 5.75 Å². The molecular weight excluding hydrogens is 416 g/mol. The summed E-state index contributed by atoms with van der Waals surface area (Å²) in [5.74, 6) is -0.125. The van der Waals surface area contributed by atoms with E-state index >= 15 is 0 Å². The molecule has 0 aliphatic carbocycles. The van der Waals surface area contributed by atoms with Crippen molar-refractivity contribution in [3.63, 3.8) is 0 Å². The molecule has 3 aromatic carbocycles. The first kappa shape index (κ1) is 22.3.